The molecule has 0 atom stereocenters. The topological polar surface area (TPSA) is 38.3 Å². The Kier molecular flexibility index (Phi) is 10.0. The lowest BCUT2D eigenvalue weighted by atomic mass is 10.2. The van der Waals surface area contributed by atoms with Gasteiger partial charge in [0.1, 0.15) is 0 Å². The lowest BCUT2D eigenvalue weighted by molar-refractivity contribution is 0.178. The molecule has 0 aromatic rings. The summed E-state index contributed by atoms with van der Waals surface area (Å²) in [4.78, 5) is 10.6. The highest BCUT2D eigenvalue weighted by Gasteiger charge is 1.96. The van der Waals surface area contributed by atoms with Gasteiger partial charge in [-0.2, -0.15) is 12.6 Å². The zero-order valence-corrected chi connectivity index (χ0v) is 9.63. The summed E-state index contributed by atoms with van der Waals surface area (Å²) < 4.78 is 6.98. The fourth-order valence-corrected chi connectivity index (χ4v) is 1.67. The maximum Gasteiger partial charge on any atom is 0.416 e. The standard InChI is InChI=1S/C8H17NO2S2/c1-11-8(10)9-13-7-5-3-2-4-6-12/h12H,2-7H2,1H3,(H,9,10). The normalized spacial score (nSPS) is 9.69. The number of amides is 1. The van der Waals surface area contributed by atoms with Gasteiger partial charge in [0.25, 0.3) is 0 Å². The van der Waals surface area contributed by atoms with Crippen LogP contribution in [0, 0.1) is 0 Å². The molecule has 0 radical (unpaired) electrons. The lowest BCUT2D eigenvalue weighted by Crippen LogP contribution is -2.15. The Labute approximate surface area is 89.5 Å². The Morgan fingerprint density at radius 3 is 2.69 bits per heavy atom. The van der Waals surface area contributed by atoms with Crippen LogP contribution < -0.4 is 4.72 Å². The maximum absolute atomic E-state index is 10.6. The van der Waals surface area contributed by atoms with Gasteiger partial charge >= 0.3 is 6.09 Å². The van der Waals surface area contributed by atoms with Crippen LogP contribution in [0.4, 0.5) is 4.79 Å². The van der Waals surface area contributed by atoms with Crippen LogP contribution in [-0.4, -0.2) is 24.7 Å². The van der Waals surface area contributed by atoms with E-state index in [1.165, 1.54) is 38.3 Å². The number of carbonyl (C=O) groups is 1. The average molecular weight is 223 g/mol. The molecule has 0 unspecified atom stereocenters. The van der Waals surface area contributed by atoms with Gasteiger partial charge in [0.05, 0.1) is 7.11 Å². The summed E-state index contributed by atoms with van der Waals surface area (Å²) >= 11 is 5.53. The Bertz CT molecular complexity index is 133. The van der Waals surface area contributed by atoms with E-state index < -0.39 is 0 Å². The van der Waals surface area contributed by atoms with E-state index in [2.05, 4.69) is 22.1 Å². The van der Waals surface area contributed by atoms with E-state index in [1.54, 1.807) is 0 Å². The minimum Gasteiger partial charge on any atom is -0.452 e. The van der Waals surface area contributed by atoms with Crippen molar-refractivity contribution >= 4 is 30.7 Å². The molecule has 0 heterocycles. The third kappa shape index (κ3) is 9.89. The van der Waals surface area contributed by atoms with Gasteiger partial charge in [0.2, 0.25) is 0 Å². The molecule has 13 heavy (non-hydrogen) atoms. The van der Waals surface area contributed by atoms with E-state index in [9.17, 15) is 4.79 Å². The molecule has 0 aliphatic carbocycles. The van der Waals surface area contributed by atoms with E-state index in [1.807, 2.05) is 0 Å². The van der Waals surface area contributed by atoms with E-state index in [0.29, 0.717) is 0 Å². The fraction of sp³-hybridized carbons (Fsp3) is 0.875. The maximum atomic E-state index is 10.6. The van der Waals surface area contributed by atoms with Crippen LogP contribution in [0.2, 0.25) is 0 Å². The largest absolute Gasteiger partial charge is 0.452 e. The summed E-state index contributed by atoms with van der Waals surface area (Å²) in [7, 11) is 1.36. The second-order valence-electron chi connectivity index (χ2n) is 2.58. The molecule has 5 heteroatoms. The number of nitrogens with one attached hydrogen (secondary N) is 1. The fourth-order valence-electron chi connectivity index (χ4n) is 0.791. The van der Waals surface area contributed by atoms with Crippen molar-refractivity contribution < 1.29 is 9.53 Å². The predicted octanol–water partition coefficient (Wildman–Crippen LogP) is 2.48. The quantitative estimate of drug-likeness (QED) is 0.395. The molecule has 1 N–H and O–H groups in total. The van der Waals surface area contributed by atoms with Gasteiger partial charge in [-0.05, 0) is 30.5 Å². The number of carbonyl (C=O) groups excluding carboxylic acids is 1. The third-order valence-electron chi connectivity index (χ3n) is 1.50. The SMILES string of the molecule is COC(=O)NSCCCCCCS. The second-order valence-corrected chi connectivity index (χ2v) is 3.93. The molecular weight excluding hydrogens is 206 g/mol. The number of rotatable bonds is 7. The van der Waals surface area contributed by atoms with Crippen molar-refractivity contribution in [2.75, 3.05) is 18.6 Å². The van der Waals surface area contributed by atoms with Crippen molar-refractivity contribution in [2.45, 2.75) is 25.7 Å². The van der Waals surface area contributed by atoms with Crippen LogP contribution in [0.1, 0.15) is 25.7 Å². The minimum atomic E-state index is -0.375. The minimum absolute atomic E-state index is 0.375. The molecule has 0 saturated carbocycles. The van der Waals surface area contributed by atoms with Gasteiger partial charge in [-0.25, -0.2) is 4.79 Å². The van der Waals surface area contributed by atoms with Crippen LogP contribution in [0.15, 0.2) is 0 Å². The zero-order valence-electron chi connectivity index (χ0n) is 7.91. The van der Waals surface area contributed by atoms with Crippen molar-refractivity contribution in [1.82, 2.24) is 4.72 Å². The van der Waals surface area contributed by atoms with E-state index in [0.717, 1.165) is 17.9 Å². The Balaban J connectivity index is 2.95. The van der Waals surface area contributed by atoms with Gasteiger partial charge in [-0.1, -0.05) is 12.8 Å². The molecule has 0 aliphatic heterocycles. The number of thiol groups is 1. The molecule has 78 valence electrons. The number of hydrogen-bond donors (Lipinski definition) is 2. The summed E-state index contributed by atoms with van der Waals surface area (Å²) in [6.07, 6.45) is 4.36. The van der Waals surface area contributed by atoms with Crippen molar-refractivity contribution in [2.24, 2.45) is 0 Å². The van der Waals surface area contributed by atoms with E-state index >= 15 is 0 Å². The molecule has 0 aromatic heterocycles. The molecule has 0 bridgehead atoms. The van der Waals surface area contributed by atoms with Crippen LogP contribution in [-0.2, 0) is 4.74 Å². The first-order valence-corrected chi connectivity index (χ1v) is 5.99. The number of unbranched alkanes of at least 4 members (excludes halogenated alkanes) is 3. The summed E-state index contributed by atoms with van der Waals surface area (Å²) in [5.41, 5.74) is 0. The molecule has 0 aromatic carbocycles. The smallest absolute Gasteiger partial charge is 0.416 e. The zero-order chi connectivity index (χ0) is 9.94. The Hall–Kier alpha value is -0.0300. The second kappa shape index (κ2) is 10.1. The molecule has 0 saturated heterocycles. The highest BCUT2D eigenvalue weighted by molar-refractivity contribution is 7.97. The molecule has 1 amide bonds. The summed E-state index contributed by atoms with van der Waals surface area (Å²) in [5.74, 6) is 1.91. The van der Waals surface area contributed by atoms with Crippen LogP contribution in [0.5, 0.6) is 0 Å². The van der Waals surface area contributed by atoms with Gasteiger partial charge in [-0.3, -0.25) is 4.72 Å². The molecule has 0 rings (SSSR count). The highest BCUT2D eigenvalue weighted by atomic mass is 32.2. The summed E-state index contributed by atoms with van der Waals surface area (Å²) in [6, 6.07) is 0. The number of ether oxygens (including phenoxy) is 1. The number of methoxy groups -OCH3 is 1. The summed E-state index contributed by atoms with van der Waals surface area (Å²) in [6.45, 7) is 0. The van der Waals surface area contributed by atoms with Crippen LogP contribution >= 0.6 is 24.6 Å². The van der Waals surface area contributed by atoms with Crippen molar-refractivity contribution in [1.29, 1.82) is 0 Å². The van der Waals surface area contributed by atoms with Gasteiger partial charge in [0, 0.05) is 5.75 Å². The monoisotopic (exact) mass is 223 g/mol. The molecule has 0 aliphatic rings. The van der Waals surface area contributed by atoms with E-state index in [-0.39, 0.29) is 6.09 Å². The van der Waals surface area contributed by atoms with Gasteiger partial charge < -0.3 is 4.74 Å². The van der Waals surface area contributed by atoms with Crippen LogP contribution in [0.3, 0.4) is 0 Å². The molecular formula is C8H17NO2S2. The van der Waals surface area contributed by atoms with Gasteiger partial charge in [-0.15, -0.1) is 0 Å². The average Bonchev–Trinajstić information content (AvgIpc) is 2.16. The number of hydrogen-bond acceptors (Lipinski definition) is 4. The van der Waals surface area contributed by atoms with Crippen molar-refractivity contribution in [3.05, 3.63) is 0 Å². The highest BCUT2D eigenvalue weighted by Crippen LogP contribution is 2.05. The Morgan fingerprint density at radius 2 is 2.08 bits per heavy atom. The molecule has 0 fully saturated rings. The molecule has 3 nitrogen and oxygen atoms in total. The lowest BCUT2D eigenvalue weighted by Gasteiger charge is -2.01. The first-order valence-electron chi connectivity index (χ1n) is 4.38. The van der Waals surface area contributed by atoms with Crippen molar-refractivity contribution in [3.63, 3.8) is 0 Å². The Morgan fingerprint density at radius 1 is 1.38 bits per heavy atom. The van der Waals surface area contributed by atoms with Crippen LogP contribution in [0.25, 0.3) is 0 Å². The van der Waals surface area contributed by atoms with Crippen molar-refractivity contribution in [3.8, 4) is 0 Å². The van der Waals surface area contributed by atoms with Gasteiger partial charge in [0.15, 0.2) is 0 Å². The first-order chi connectivity index (χ1) is 6.31. The summed E-state index contributed by atoms with van der Waals surface area (Å²) in [5, 5.41) is 0. The van der Waals surface area contributed by atoms with E-state index in [4.69, 9.17) is 0 Å². The third-order valence-corrected chi connectivity index (χ3v) is 2.62. The predicted molar refractivity (Wildman–Crippen MR) is 60.3 cm³/mol. The first kappa shape index (κ1) is 13.0. The molecule has 0 spiro atoms.